The summed E-state index contributed by atoms with van der Waals surface area (Å²) < 4.78 is 4.59. The molecule has 18 heavy (non-hydrogen) atoms. The highest BCUT2D eigenvalue weighted by Gasteiger charge is 2.15. The predicted molar refractivity (Wildman–Crippen MR) is 63.9 cm³/mol. The minimum Gasteiger partial charge on any atom is -0.480 e. The van der Waals surface area contributed by atoms with Gasteiger partial charge < -0.3 is 20.5 Å². The predicted octanol–water partition coefficient (Wildman–Crippen LogP) is -0.635. The zero-order valence-electron chi connectivity index (χ0n) is 10.9. The zero-order chi connectivity index (χ0) is 14.1. The number of carbonyl (C=O) groups excluding carboxylic acids is 2. The van der Waals surface area contributed by atoms with E-state index in [1.807, 2.05) is 13.8 Å². The maximum absolute atomic E-state index is 11.5. The lowest BCUT2D eigenvalue weighted by Gasteiger charge is -2.15. The fourth-order valence-corrected chi connectivity index (χ4v) is 1.04. The molecule has 0 saturated carbocycles. The van der Waals surface area contributed by atoms with E-state index < -0.39 is 24.5 Å². The van der Waals surface area contributed by atoms with Crippen molar-refractivity contribution in [2.24, 2.45) is 5.92 Å². The Bertz CT molecular complexity index is 304. The molecule has 0 aromatic heterocycles. The van der Waals surface area contributed by atoms with E-state index in [2.05, 4.69) is 15.4 Å². The largest absolute Gasteiger partial charge is 0.480 e. The molecule has 0 aromatic carbocycles. The third-order valence-corrected chi connectivity index (χ3v) is 1.91. The van der Waals surface area contributed by atoms with Crippen LogP contribution in [0, 0.1) is 5.92 Å². The van der Waals surface area contributed by atoms with Crippen molar-refractivity contribution >= 4 is 17.8 Å². The summed E-state index contributed by atoms with van der Waals surface area (Å²) in [5.41, 5.74) is 0. The first kappa shape index (κ1) is 16.4. The minimum absolute atomic E-state index is 0.282. The Morgan fingerprint density at radius 1 is 1.17 bits per heavy atom. The minimum atomic E-state index is -1.15. The maximum atomic E-state index is 11.5. The van der Waals surface area contributed by atoms with Crippen LogP contribution in [0.25, 0.3) is 0 Å². The lowest BCUT2D eigenvalue weighted by molar-refractivity contribution is -0.144. The van der Waals surface area contributed by atoms with E-state index in [9.17, 15) is 14.4 Å². The van der Waals surface area contributed by atoms with Crippen molar-refractivity contribution in [2.75, 3.05) is 19.8 Å². The number of carbonyl (C=O) groups is 3. The topological polar surface area (TPSA) is 105 Å². The molecule has 1 atom stereocenters. The van der Waals surface area contributed by atoms with E-state index in [-0.39, 0.29) is 12.5 Å². The van der Waals surface area contributed by atoms with Gasteiger partial charge >= 0.3 is 5.97 Å². The van der Waals surface area contributed by atoms with Crippen molar-refractivity contribution in [2.45, 2.75) is 26.8 Å². The van der Waals surface area contributed by atoms with Gasteiger partial charge in [0, 0.05) is 6.54 Å². The molecule has 0 spiro atoms. The Morgan fingerprint density at radius 3 is 2.28 bits per heavy atom. The van der Waals surface area contributed by atoms with Crippen LogP contribution in [0.4, 0.5) is 0 Å². The van der Waals surface area contributed by atoms with Gasteiger partial charge in [0.15, 0.2) is 0 Å². The second-order valence-corrected chi connectivity index (χ2v) is 4.31. The van der Waals surface area contributed by atoms with Crippen molar-refractivity contribution in [3.05, 3.63) is 0 Å². The fourth-order valence-electron chi connectivity index (χ4n) is 1.04. The Morgan fingerprint density at radius 2 is 1.78 bits per heavy atom. The van der Waals surface area contributed by atoms with Crippen LogP contribution in [0.3, 0.4) is 0 Å². The van der Waals surface area contributed by atoms with Crippen molar-refractivity contribution in [1.82, 2.24) is 10.6 Å². The van der Waals surface area contributed by atoms with Gasteiger partial charge in [-0.15, -0.1) is 0 Å². The second kappa shape index (κ2) is 8.46. The first-order valence-corrected chi connectivity index (χ1v) is 5.69. The summed E-state index contributed by atoms with van der Waals surface area (Å²) in [6, 6.07) is -0.676. The fraction of sp³-hybridized carbons (Fsp3) is 0.727. The Labute approximate surface area is 106 Å². The zero-order valence-corrected chi connectivity index (χ0v) is 10.9. The Balaban J connectivity index is 3.84. The van der Waals surface area contributed by atoms with Crippen LogP contribution in [-0.2, 0) is 19.1 Å². The van der Waals surface area contributed by atoms with Crippen LogP contribution >= 0.6 is 0 Å². The molecule has 7 heteroatoms. The first-order valence-electron chi connectivity index (χ1n) is 5.69. The number of aliphatic carboxylic acids is 1. The molecular weight excluding hydrogens is 240 g/mol. The molecule has 0 saturated heterocycles. The highest BCUT2D eigenvalue weighted by molar-refractivity contribution is 5.87. The summed E-state index contributed by atoms with van der Waals surface area (Å²) in [4.78, 5) is 32.9. The molecule has 0 aromatic rings. The molecule has 0 aliphatic heterocycles. The number of amides is 2. The van der Waals surface area contributed by atoms with Crippen molar-refractivity contribution < 1.29 is 24.2 Å². The summed E-state index contributed by atoms with van der Waals surface area (Å²) >= 11 is 0. The van der Waals surface area contributed by atoms with Gasteiger partial charge in [0.2, 0.25) is 11.8 Å². The average Bonchev–Trinajstić information content (AvgIpc) is 2.24. The number of hydrogen-bond donors (Lipinski definition) is 3. The molecule has 104 valence electrons. The number of hydrogen-bond acceptors (Lipinski definition) is 4. The van der Waals surface area contributed by atoms with Crippen molar-refractivity contribution in [3.8, 4) is 0 Å². The Kier molecular flexibility index (Phi) is 7.69. The molecule has 0 fully saturated rings. The molecule has 7 nitrogen and oxygen atoms in total. The summed E-state index contributed by atoms with van der Waals surface area (Å²) in [5, 5.41) is 13.4. The van der Waals surface area contributed by atoms with Gasteiger partial charge in [0.05, 0.1) is 0 Å². The van der Waals surface area contributed by atoms with Crippen LogP contribution in [0.2, 0.25) is 0 Å². The number of carboxylic acid groups (broad SMARTS) is 1. The third-order valence-electron chi connectivity index (χ3n) is 1.91. The molecule has 0 radical (unpaired) electrons. The van der Waals surface area contributed by atoms with Crippen LogP contribution in [0.15, 0.2) is 0 Å². The quantitative estimate of drug-likeness (QED) is 0.538. The molecule has 0 aliphatic carbocycles. The van der Waals surface area contributed by atoms with E-state index in [0.29, 0.717) is 12.5 Å². The smallest absolute Gasteiger partial charge is 0.329 e. The van der Waals surface area contributed by atoms with Gasteiger partial charge in [-0.3, -0.25) is 9.59 Å². The second-order valence-electron chi connectivity index (χ2n) is 4.31. The number of ether oxygens (including phenoxy) is 1. The van der Waals surface area contributed by atoms with Crippen LogP contribution in [-0.4, -0.2) is 48.7 Å². The first-order chi connectivity index (χ1) is 8.32. The van der Waals surface area contributed by atoms with E-state index in [1.54, 1.807) is 6.92 Å². The molecule has 3 N–H and O–H groups in total. The van der Waals surface area contributed by atoms with Crippen molar-refractivity contribution in [1.29, 1.82) is 0 Å². The van der Waals surface area contributed by atoms with Gasteiger partial charge in [-0.25, -0.2) is 4.79 Å². The van der Waals surface area contributed by atoms with Crippen molar-refractivity contribution in [3.63, 3.8) is 0 Å². The van der Waals surface area contributed by atoms with Gasteiger partial charge in [0.25, 0.3) is 0 Å². The molecule has 0 bridgehead atoms. The molecule has 2 amide bonds. The standard InChI is InChI=1S/C11H20N2O5/c1-7(2)4-12-11(17)8(3)13-9(14)5-18-6-10(15)16/h7-8H,4-6H2,1-3H3,(H,12,17)(H,13,14)(H,15,16). The highest BCUT2D eigenvalue weighted by atomic mass is 16.5. The molecule has 1 unspecified atom stereocenters. The number of nitrogens with one attached hydrogen (secondary N) is 2. The van der Waals surface area contributed by atoms with Crippen LogP contribution in [0.5, 0.6) is 0 Å². The van der Waals surface area contributed by atoms with Crippen LogP contribution < -0.4 is 10.6 Å². The van der Waals surface area contributed by atoms with Crippen LogP contribution in [0.1, 0.15) is 20.8 Å². The molecule has 0 aliphatic rings. The van der Waals surface area contributed by atoms with E-state index in [4.69, 9.17) is 5.11 Å². The van der Waals surface area contributed by atoms with Gasteiger partial charge in [-0.2, -0.15) is 0 Å². The third kappa shape index (κ3) is 8.51. The highest BCUT2D eigenvalue weighted by Crippen LogP contribution is 1.89. The van der Waals surface area contributed by atoms with E-state index in [1.165, 1.54) is 0 Å². The SMILES string of the molecule is CC(C)CNC(=O)C(C)NC(=O)COCC(=O)O. The van der Waals surface area contributed by atoms with Gasteiger partial charge in [-0.1, -0.05) is 13.8 Å². The summed E-state index contributed by atoms with van der Waals surface area (Å²) in [6.07, 6.45) is 0. The lowest BCUT2D eigenvalue weighted by atomic mass is 10.2. The van der Waals surface area contributed by atoms with Gasteiger partial charge in [0.1, 0.15) is 19.3 Å². The maximum Gasteiger partial charge on any atom is 0.329 e. The number of carboxylic acids is 1. The van der Waals surface area contributed by atoms with E-state index >= 15 is 0 Å². The van der Waals surface area contributed by atoms with Gasteiger partial charge in [-0.05, 0) is 12.8 Å². The molecule has 0 heterocycles. The molecular formula is C11H20N2O5. The Hall–Kier alpha value is -1.63. The lowest BCUT2D eigenvalue weighted by Crippen LogP contribution is -2.46. The number of rotatable bonds is 8. The summed E-state index contributed by atoms with van der Waals surface area (Å²) in [5.74, 6) is -1.62. The summed E-state index contributed by atoms with van der Waals surface area (Å²) in [7, 11) is 0. The average molecular weight is 260 g/mol. The molecule has 0 rings (SSSR count). The summed E-state index contributed by atoms with van der Waals surface area (Å²) in [6.45, 7) is 5.08. The van der Waals surface area contributed by atoms with E-state index in [0.717, 1.165) is 0 Å². The monoisotopic (exact) mass is 260 g/mol. The normalized spacial score (nSPS) is 12.0.